The van der Waals surface area contributed by atoms with Crippen LogP contribution in [-0.2, 0) is 30.6 Å². The van der Waals surface area contributed by atoms with E-state index in [0.29, 0.717) is 30.6 Å². The van der Waals surface area contributed by atoms with Gasteiger partial charge in [0.05, 0.1) is 12.1 Å². The van der Waals surface area contributed by atoms with E-state index in [1.165, 1.54) is 0 Å². The maximum atomic E-state index is 12.0. The van der Waals surface area contributed by atoms with E-state index in [4.69, 9.17) is 5.11 Å². The number of aromatic nitrogens is 2. The van der Waals surface area contributed by atoms with Crippen molar-refractivity contribution in [1.29, 1.82) is 0 Å². The molecule has 1 aromatic heterocycles. The Morgan fingerprint density at radius 1 is 1.26 bits per heavy atom. The van der Waals surface area contributed by atoms with Gasteiger partial charge in [0.25, 0.3) is 0 Å². The predicted octanol–water partition coefficient (Wildman–Crippen LogP) is 1.80. The second kappa shape index (κ2) is 7.07. The van der Waals surface area contributed by atoms with Crippen LogP contribution in [-0.4, -0.2) is 20.6 Å². The number of hydrogen-bond donors (Lipinski definition) is 1. The second-order valence-electron chi connectivity index (χ2n) is 4.55. The minimum atomic E-state index is -0.883. The van der Waals surface area contributed by atoms with Gasteiger partial charge in [-0.15, -0.1) is 0 Å². The summed E-state index contributed by atoms with van der Waals surface area (Å²) in [7, 11) is 0. The average Bonchev–Trinajstić information content (AvgIpc) is 2.37. The molecule has 5 heteroatoms. The van der Waals surface area contributed by atoms with Gasteiger partial charge in [-0.05, 0) is 19.3 Å². The van der Waals surface area contributed by atoms with Gasteiger partial charge in [-0.2, -0.15) is 4.98 Å². The van der Waals surface area contributed by atoms with Crippen LogP contribution in [0, 0.1) is 0 Å². The van der Waals surface area contributed by atoms with Crippen LogP contribution in [0.25, 0.3) is 0 Å². The third-order valence-corrected chi connectivity index (χ3v) is 3.22. The molecule has 0 spiro atoms. The van der Waals surface area contributed by atoms with Gasteiger partial charge in [0.2, 0.25) is 0 Å². The summed E-state index contributed by atoms with van der Waals surface area (Å²) in [6.07, 6.45) is 3.05. The lowest BCUT2D eigenvalue weighted by molar-refractivity contribution is -0.136. The fourth-order valence-corrected chi connectivity index (χ4v) is 2.29. The van der Waals surface area contributed by atoms with Crippen LogP contribution < -0.4 is 5.69 Å². The topological polar surface area (TPSA) is 72.2 Å². The second-order valence-corrected chi connectivity index (χ2v) is 4.55. The van der Waals surface area contributed by atoms with Crippen LogP contribution in [0.2, 0.25) is 0 Å². The molecule has 0 radical (unpaired) electrons. The lowest BCUT2D eigenvalue weighted by Crippen LogP contribution is -2.30. The van der Waals surface area contributed by atoms with Gasteiger partial charge in [-0.3, -0.25) is 9.36 Å². The van der Waals surface area contributed by atoms with Crippen molar-refractivity contribution in [2.24, 2.45) is 0 Å². The molecule has 0 aliphatic carbocycles. The zero-order valence-electron chi connectivity index (χ0n) is 11.9. The van der Waals surface area contributed by atoms with Crippen LogP contribution in [0.4, 0.5) is 0 Å². The van der Waals surface area contributed by atoms with E-state index in [1.54, 1.807) is 4.57 Å². The number of hydrogen-bond acceptors (Lipinski definition) is 3. The quantitative estimate of drug-likeness (QED) is 0.816. The summed E-state index contributed by atoms with van der Waals surface area (Å²) in [6, 6.07) is 0. The van der Waals surface area contributed by atoms with Gasteiger partial charge in [-0.1, -0.05) is 27.2 Å². The molecule has 0 unspecified atom stereocenters. The standard InChI is InChI=1S/C14H22N2O3/c1-4-7-8-16-12(6-3)10(9-13(17)18)11(5-2)15-14(16)19/h4-9H2,1-3H3,(H,17,18). The van der Waals surface area contributed by atoms with Crippen LogP contribution in [0.1, 0.15) is 50.6 Å². The van der Waals surface area contributed by atoms with Crippen LogP contribution in [0.3, 0.4) is 0 Å². The van der Waals surface area contributed by atoms with E-state index in [-0.39, 0.29) is 12.1 Å². The predicted molar refractivity (Wildman–Crippen MR) is 73.5 cm³/mol. The Bertz CT molecular complexity index is 506. The Labute approximate surface area is 113 Å². The molecule has 5 nitrogen and oxygen atoms in total. The largest absolute Gasteiger partial charge is 0.481 e. The molecule has 0 amide bonds. The highest BCUT2D eigenvalue weighted by atomic mass is 16.4. The molecule has 0 fully saturated rings. The minimum absolute atomic E-state index is 0.0637. The van der Waals surface area contributed by atoms with Gasteiger partial charge >= 0.3 is 11.7 Å². The first-order valence-electron chi connectivity index (χ1n) is 6.88. The van der Waals surface area contributed by atoms with Gasteiger partial charge in [0.1, 0.15) is 0 Å². The van der Waals surface area contributed by atoms with Crippen molar-refractivity contribution in [3.05, 3.63) is 27.4 Å². The van der Waals surface area contributed by atoms with Crippen molar-refractivity contribution in [2.75, 3.05) is 0 Å². The first kappa shape index (κ1) is 15.4. The molecule has 0 aliphatic rings. The fraction of sp³-hybridized carbons (Fsp3) is 0.643. The van der Waals surface area contributed by atoms with Crippen LogP contribution in [0.5, 0.6) is 0 Å². The number of carboxylic acid groups (broad SMARTS) is 1. The summed E-state index contributed by atoms with van der Waals surface area (Å²) in [5.41, 5.74) is 1.91. The molecule has 106 valence electrons. The summed E-state index contributed by atoms with van der Waals surface area (Å²) in [5, 5.41) is 9.03. The van der Waals surface area contributed by atoms with Crippen LogP contribution in [0.15, 0.2) is 4.79 Å². The third-order valence-electron chi connectivity index (χ3n) is 3.22. The molecule has 1 rings (SSSR count). The number of unbranched alkanes of at least 4 members (excludes halogenated alkanes) is 1. The van der Waals surface area contributed by atoms with E-state index in [2.05, 4.69) is 11.9 Å². The summed E-state index contributed by atoms with van der Waals surface area (Å²) in [6.45, 7) is 6.51. The molecule has 1 aromatic rings. The zero-order valence-corrected chi connectivity index (χ0v) is 11.9. The monoisotopic (exact) mass is 266 g/mol. The lowest BCUT2D eigenvalue weighted by atomic mass is 10.0. The van der Waals surface area contributed by atoms with E-state index >= 15 is 0 Å². The highest BCUT2D eigenvalue weighted by Gasteiger charge is 2.17. The number of carbonyl (C=O) groups is 1. The number of rotatable bonds is 7. The van der Waals surface area contributed by atoms with E-state index in [1.807, 2.05) is 13.8 Å². The van der Waals surface area contributed by atoms with Gasteiger partial charge < -0.3 is 5.11 Å². The Morgan fingerprint density at radius 2 is 1.95 bits per heavy atom. The first-order valence-corrected chi connectivity index (χ1v) is 6.88. The van der Waals surface area contributed by atoms with Crippen molar-refractivity contribution in [1.82, 2.24) is 9.55 Å². The summed E-state index contributed by atoms with van der Waals surface area (Å²) in [4.78, 5) is 27.1. The summed E-state index contributed by atoms with van der Waals surface area (Å²) in [5.74, 6) is -0.883. The van der Waals surface area contributed by atoms with Gasteiger partial charge in [0.15, 0.2) is 0 Å². The maximum absolute atomic E-state index is 12.0. The highest BCUT2D eigenvalue weighted by molar-refractivity contribution is 5.71. The van der Waals surface area contributed by atoms with E-state index < -0.39 is 5.97 Å². The zero-order chi connectivity index (χ0) is 14.4. The smallest absolute Gasteiger partial charge is 0.347 e. The fourth-order valence-electron chi connectivity index (χ4n) is 2.29. The number of aryl methyl sites for hydroxylation is 1. The number of carboxylic acids is 1. The number of aliphatic carboxylic acids is 1. The van der Waals surface area contributed by atoms with Gasteiger partial charge in [-0.25, -0.2) is 4.79 Å². The van der Waals surface area contributed by atoms with Crippen molar-refractivity contribution in [2.45, 2.75) is 59.4 Å². The molecule has 0 saturated carbocycles. The highest BCUT2D eigenvalue weighted by Crippen LogP contribution is 2.14. The Balaban J connectivity index is 3.39. The molecule has 19 heavy (non-hydrogen) atoms. The lowest BCUT2D eigenvalue weighted by Gasteiger charge is -2.17. The van der Waals surface area contributed by atoms with E-state index in [9.17, 15) is 9.59 Å². The average molecular weight is 266 g/mol. The van der Waals surface area contributed by atoms with E-state index in [0.717, 1.165) is 18.5 Å². The molecular weight excluding hydrogens is 244 g/mol. The third kappa shape index (κ3) is 3.66. The normalized spacial score (nSPS) is 10.7. The van der Waals surface area contributed by atoms with Crippen molar-refractivity contribution in [3.63, 3.8) is 0 Å². The molecule has 0 aromatic carbocycles. The van der Waals surface area contributed by atoms with Crippen molar-refractivity contribution >= 4 is 5.97 Å². The Hall–Kier alpha value is -1.65. The molecule has 1 N–H and O–H groups in total. The first-order chi connectivity index (χ1) is 9.04. The summed E-state index contributed by atoms with van der Waals surface area (Å²) < 4.78 is 1.64. The number of nitrogens with zero attached hydrogens (tertiary/aromatic N) is 2. The SMILES string of the molecule is CCCCn1c(CC)c(CC(=O)O)c(CC)nc1=O. The molecule has 0 aliphatic heterocycles. The van der Waals surface area contributed by atoms with Gasteiger partial charge in [0, 0.05) is 17.8 Å². The molecular formula is C14H22N2O3. The minimum Gasteiger partial charge on any atom is -0.481 e. The molecule has 1 heterocycles. The Kier molecular flexibility index (Phi) is 5.73. The molecule has 0 saturated heterocycles. The van der Waals surface area contributed by atoms with Crippen molar-refractivity contribution < 1.29 is 9.90 Å². The molecule has 0 atom stereocenters. The maximum Gasteiger partial charge on any atom is 0.347 e. The summed E-state index contributed by atoms with van der Waals surface area (Å²) >= 11 is 0. The Morgan fingerprint density at radius 3 is 2.42 bits per heavy atom. The molecule has 0 bridgehead atoms. The van der Waals surface area contributed by atoms with Crippen LogP contribution >= 0.6 is 0 Å². The van der Waals surface area contributed by atoms with Crippen molar-refractivity contribution in [3.8, 4) is 0 Å².